The number of nitrogens with zero attached hydrogens (tertiary/aromatic N) is 2. The topological polar surface area (TPSA) is 69.2 Å². The van der Waals surface area contributed by atoms with Gasteiger partial charge in [0.25, 0.3) is 0 Å². The van der Waals surface area contributed by atoms with E-state index < -0.39 is 6.10 Å². The number of halogens is 2. The zero-order chi connectivity index (χ0) is 17.3. The molecule has 0 aliphatic carbocycles. The van der Waals surface area contributed by atoms with Crippen LogP contribution < -0.4 is 0 Å². The molecule has 1 aromatic carbocycles. The number of hydrogen-bond acceptors (Lipinski definition) is 3. The third-order valence-electron chi connectivity index (χ3n) is 4.33. The van der Waals surface area contributed by atoms with E-state index in [9.17, 15) is 9.90 Å². The van der Waals surface area contributed by atoms with E-state index in [2.05, 4.69) is 10.2 Å². The number of aliphatic hydroxyl groups is 1. The summed E-state index contributed by atoms with van der Waals surface area (Å²) in [6.45, 7) is 2.83. The molecule has 3 rings (SSSR count). The number of nitrogens with one attached hydrogen (secondary N) is 1. The SMILES string of the molecule is Cc1cc(C[C@@H]2CN(C(=O)Cc3ccc(Cl)c(Cl)c3)C[C@H]2O)n[nH]1. The molecule has 1 aliphatic heterocycles. The van der Waals surface area contributed by atoms with Gasteiger partial charge in [-0.15, -0.1) is 0 Å². The van der Waals surface area contributed by atoms with Crippen molar-refractivity contribution in [1.82, 2.24) is 15.1 Å². The molecule has 0 radical (unpaired) electrons. The number of hydrogen-bond donors (Lipinski definition) is 2. The van der Waals surface area contributed by atoms with E-state index in [1.807, 2.05) is 13.0 Å². The fourth-order valence-electron chi connectivity index (χ4n) is 3.04. The summed E-state index contributed by atoms with van der Waals surface area (Å²) in [5.41, 5.74) is 2.72. The summed E-state index contributed by atoms with van der Waals surface area (Å²) < 4.78 is 0. The van der Waals surface area contributed by atoms with Gasteiger partial charge in [0.05, 0.1) is 28.3 Å². The number of H-pyrrole nitrogens is 1. The predicted octanol–water partition coefficient (Wildman–Crippen LogP) is 2.63. The van der Waals surface area contributed by atoms with Crippen LogP contribution >= 0.6 is 23.2 Å². The second-order valence-corrected chi connectivity index (χ2v) is 7.11. The molecule has 5 nitrogen and oxygen atoms in total. The van der Waals surface area contributed by atoms with Crippen molar-refractivity contribution in [2.45, 2.75) is 25.9 Å². The van der Waals surface area contributed by atoms with Crippen LogP contribution in [0.4, 0.5) is 0 Å². The first-order valence-corrected chi connectivity index (χ1v) is 8.58. The number of amides is 1. The molecular weight excluding hydrogens is 349 g/mol. The number of rotatable bonds is 4. The maximum absolute atomic E-state index is 12.5. The molecule has 1 aromatic heterocycles. The molecule has 1 amide bonds. The Hall–Kier alpha value is -1.56. The zero-order valence-corrected chi connectivity index (χ0v) is 14.8. The predicted molar refractivity (Wildman–Crippen MR) is 93.3 cm³/mol. The van der Waals surface area contributed by atoms with E-state index in [1.165, 1.54) is 0 Å². The van der Waals surface area contributed by atoms with Gasteiger partial charge in [-0.3, -0.25) is 9.89 Å². The van der Waals surface area contributed by atoms with Crippen molar-refractivity contribution < 1.29 is 9.90 Å². The molecule has 2 N–H and O–H groups in total. The van der Waals surface area contributed by atoms with Crippen LogP contribution in [0.25, 0.3) is 0 Å². The van der Waals surface area contributed by atoms with Gasteiger partial charge in [-0.25, -0.2) is 0 Å². The van der Waals surface area contributed by atoms with Crippen molar-refractivity contribution in [3.05, 3.63) is 51.3 Å². The summed E-state index contributed by atoms with van der Waals surface area (Å²) in [7, 11) is 0. The molecule has 0 unspecified atom stereocenters. The average molecular weight is 368 g/mol. The van der Waals surface area contributed by atoms with Gasteiger partial charge < -0.3 is 10.0 Å². The molecule has 2 aromatic rings. The molecule has 2 atom stereocenters. The van der Waals surface area contributed by atoms with E-state index in [1.54, 1.807) is 23.1 Å². The van der Waals surface area contributed by atoms with Gasteiger partial charge in [0.15, 0.2) is 0 Å². The van der Waals surface area contributed by atoms with Crippen LogP contribution in [0.3, 0.4) is 0 Å². The van der Waals surface area contributed by atoms with Gasteiger partial charge in [0.1, 0.15) is 0 Å². The third kappa shape index (κ3) is 3.91. The minimum Gasteiger partial charge on any atom is -0.391 e. The summed E-state index contributed by atoms with van der Waals surface area (Å²) >= 11 is 11.9. The van der Waals surface area contributed by atoms with E-state index >= 15 is 0 Å². The van der Waals surface area contributed by atoms with Gasteiger partial charge in [-0.1, -0.05) is 29.3 Å². The summed E-state index contributed by atoms with van der Waals surface area (Å²) in [6.07, 6.45) is 0.375. The van der Waals surface area contributed by atoms with Gasteiger partial charge in [0, 0.05) is 24.7 Å². The van der Waals surface area contributed by atoms with Crippen LogP contribution in [0.15, 0.2) is 24.3 Å². The first-order chi connectivity index (χ1) is 11.4. The van der Waals surface area contributed by atoms with Gasteiger partial charge in [0.2, 0.25) is 5.91 Å². The largest absolute Gasteiger partial charge is 0.391 e. The average Bonchev–Trinajstić information content (AvgIpc) is 3.10. The summed E-state index contributed by atoms with van der Waals surface area (Å²) in [5, 5.41) is 18.3. The van der Waals surface area contributed by atoms with Crippen molar-refractivity contribution in [2.24, 2.45) is 5.92 Å². The number of aryl methyl sites for hydroxylation is 1. The molecule has 0 spiro atoms. The second-order valence-electron chi connectivity index (χ2n) is 6.30. The van der Waals surface area contributed by atoms with Crippen LogP contribution in [0.5, 0.6) is 0 Å². The lowest BCUT2D eigenvalue weighted by Crippen LogP contribution is -2.31. The van der Waals surface area contributed by atoms with Crippen LogP contribution in [0, 0.1) is 12.8 Å². The molecule has 24 heavy (non-hydrogen) atoms. The Bertz CT molecular complexity index is 747. The molecular formula is C17H19Cl2N3O2. The Morgan fingerprint density at radius 2 is 2.12 bits per heavy atom. The minimum atomic E-state index is -0.528. The van der Waals surface area contributed by atoms with Crippen LogP contribution in [-0.2, 0) is 17.6 Å². The standard InChI is InChI=1S/C17H19Cl2N3O2/c1-10-4-13(21-20-10)7-12-8-22(9-16(12)23)17(24)6-11-2-3-14(18)15(19)5-11/h2-5,12,16,23H,6-9H2,1H3,(H,20,21)/t12-,16-/m1/s1. The molecule has 128 valence electrons. The van der Waals surface area contributed by atoms with Crippen molar-refractivity contribution in [2.75, 3.05) is 13.1 Å². The summed E-state index contributed by atoms with van der Waals surface area (Å²) in [4.78, 5) is 14.2. The number of β-amino-alcohol motifs (C(OH)–C–C–N with tert-alkyl or cyclic N) is 1. The first-order valence-electron chi connectivity index (χ1n) is 7.83. The Morgan fingerprint density at radius 3 is 2.79 bits per heavy atom. The number of benzene rings is 1. The summed E-state index contributed by atoms with van der Waals surface area (Å²) in [6, 6.07) is 7.15. The Labute approximate surface area is 150 Å². The number of aromatic amines is 1. The van der Waals surface area contributed by atoms with E-state index in [4.69, 9.17) is 23.2 Å². The van der Waals surface area contributed by atoms with E-state index in [0.717, 1.165) is 17.0 Å². The van der Waals surface area contributed by atoms with Crippen LogP contribution in [0.2, 0.25) is 10.0 Å². The van der Waals surface area contributed by atoms with E-state index in [-0.39, 0.29) is 18.2 Å². The molecule has 2 heterocycles. The third-order valence-corrected chi connectivity index (χ3v) is 5.07. The zero-order valence-electron chi connectivity index (χ0n) is 13.3. The minimum absolute atomic E-state index is 0.00505. The monoisotopic (exact) mass is 367 g/mol. The lowest BCUT2D eigenvalue weighted by Gasteiger charge is -2.16. The van der Waals surface area contributed by atoms with Gasteiger partial charge in [-0.05, 0) is 37.1 Å². The van der Waals surface area contributed by atoms with Crippen molar-refractivity contribution in [3.63, 3.8) is 0 Å². The highest BCUT2D eigenvalue weighted by Crippen LogP contribution is 2.25. The van der Waals surface area contributed by atoms with Crippen LogP contribution in [-0.4, -0.2) is 45.3 Å². The fraction of sp³-hybridized carbons (Fsp3) is 0.412. The second kappa shape index (κ2) is 7.13. The lowest BCUT2D eigenvalue weighted by atomic mass is 10.0. The van der Waals surface area contributed by atoms with Crippen molar-refractivity contribution in [3.8, 4) is 0 Å². The number of carbonyl (C=O) groups excluding carboxylic acids is 1. The normalized spacial score (nSPS) is 20.6. The smallest absolute Gasteiger partial charge is 0.227 e. The number of carbonyl (C=O) groups is 1. The highest BCUT2D eigenvalue weighted by Gasteiger charge is 2.34. The molecule has 0 bridgehead atoms. The Morgan fingerprint density at radius 1 is 1.33 bits per heavy atom. The molecule has 1 aliphatic rings. The maximum atomic E-state index is 12.5. The van der Waals surface area contributed by atoms with E-state index in [0.29, 0.717) is 29.6 Å². The van der Waals surface area contributed by atoms with Crippen LogP contribution in [0.1, 0.15) is 17.0 Å². The highest BCUT2D eigenvalue weighted by molar-refractivity contribution is 6.42. The van der Waals surface area contributed by atoms with Gasteiger partial charge >= 0.3 is 0 Å². The molecule has 7 heteroatoms. The quantitative estimate of drug-likeness (QED) is 0.872. The maximum Gasteiger partial charge on any atom is 0.227 e. The number of aliphatic hydroxyl groups excluding tert-OH is 1. The fourth-order valence-corrected chi connectivity index (χ4v) is 3.36. The Balaban J connectivity index is 1.60. The number of likely N-dealkylation sites (tertiary alicyclic amines) is 1. The molecule has 1 fully saturated rings. The summed E-state index contributed by atoms with van der Waals surface area (Å²) in [5.74, 6) is -0.0152. The first kappa shape index (κ1) is 17.3. The Kier molecular flexibility index (Phi) is 5.13. The highest BCUT2D eigenvalue weighted by atomic mass is 35.5. The lowest BCUT2D eigenvalue weighted by molar-refractivity contribution is -0.129. The van der Waals surface area contributed by atoms with Gasteiger partial charge in [-0.2, -0.15) is 5.10 Å². The molecule has 1 saturated heterocycles. The van der Waals surface area contributed by atoms with Crippen molar-refractivity contribution >= 4 is 29.1 Å². The van der Waals surface area contributed by atoms with Crippen molar-refractivity contribution in [1.29, 1.82) is 0 Å². The number of aromatic nitrogens is 2. The molecule has 0 saturated carbocycles.